The standard InChI is InChI=1S/C18H25N3O3/c1-20(7-8-24-2)10-16-11-21(12-17(16)13-22)18(23)15-5-3-14(9-19)4-6-15/h3-6,16-17,22H,7-8,10-13H2,1-2H3/t16-,17-/m1/s1. The number of likely N-dealkylation sites (N-methyl/N-ethyl adjacent to an activating group) is 1. The number of benzene rings is 1. The fourth-order valence-electron chi connectivity index (χ4n) is 3.13. The molecule has 1 fully saturated rings. The lowest BCUT2D eigenvalue weighted by molar-refractivity contribution is 0.0778. The SMILES string of the molecule is COCCN(C)C[C@@H]1CN(C(=O)c2ccc(C#N)cc2)C[C@@H]1CO. The van der Waals surface area contributed by atoms with Crippen molar-refractivity contribution >= 4 is 5.91 Å². The van der Waals surface area contributed by atoms with Gasteiger partial charge in [0.25, 0.3) is 5.91 Å². The van der Waals surface area contributed by atoms with Crippen LogP contribution in [0.2, 0.25) is 0 Å². The number of ether oxygens (including phenoxy) is 1. The van der Waals surface area contributed by atoms with E-state index in [0.717, 1.165) is 13.1 Å². The molecular formula is C18H25N3O3. The molecule has 1 aromatic carbocycles. The van der Waals surface area contributed by atoms with E-state index in [1.165, 1.54) is 0 Å². The lowest BCUT2D eigenvalue weighted by atomic mass is 9.96. The van der Waals surface area contributed by atoms with Crippen molar-refractivity contribution in [3.8, 4) is 6.07 Å². The Labute approximate surface area is 143 Å². The Morgan fingerprint density at radius 1 is 1.38 bits per heavy atom. The average molecular weight is 331 g/mol. The number of hydrogen-bond donors (Lipinski definition) is 1. The van der Waals surface area contributed by atoms with Crippen LogP contribution in [0.15, 0.2) is 24.3 Å². The van der Waals surface area contributed by atoms with E-state index >= 15 is 0 Å². The summed E-state index contributed by atoms with van der Waals surface area (Å²) in [6.07, 6.45) is 0. The molecule has 0 radical (unpaired) electrons. The number of rotatable bonds is 7. The summed E-state index contributed by atoms with van der Waals surface area (Å²) in [4.78, 5) is 16.6. The minimum absolute atomic E-state index is 0.0417. The third-order valence-electron chi connectivity index (χ3n) is 4.58. The van der Waals surface area contributed by atoms with Crippen LogP contribution in [0, 0.1) is 23.2 Å². The van der Waals surface area contributed by atoms with Crippen molar-refractivity contribution in [1.82, 2.24) is 9.80 Å². The smallest absolute Gasteiger partial charge is 0.253 e. The molecule has 1 aromatic rings. The Balaban J connectivity index is 1.99. The normalized spacial score (nSPS) is 20.4. The first-order chi connectivity index (χ1) is 11.6. The van der Waals surface area contributed by atoms with E-state index in [-0.39, 0.29) is 24.3 Å². The first kappa shape index (κ1) is 18.4. The molecular weight excluding hydrogens is 306 g/mol. The van der Waals surface area contributed by atoms with Gasteiger partial charge in [-0.1, -0.05) is 0 Å². The number of nitriles is 1. The summed E-state index contributed by atoms with van der Waals surface area (Å²) in [5.74, 6) is 0.302. The van der Waals surface area contributed by atoms with Gasteiger partial charge in [0.1, 0.15) is 0 Å². The highest BCUT2D eigenvalue weighted by molar-refractivity contribution is 5.94. The van der Waals surface area contributed by atoms with Gasteiger partial charge in [-0.05, 0) is 37.2 Å². The van der Waals surface area contributed by atoms with Crippen molar-refractivity contribution in [2.45, 2.75) is 0 Å². The van der Waals surface area contributed by atoms with E-state index in [2.05, 4.69) is 11.0 Å². The van der Waals surface area contributed by atoms with Crippen LogP contribution in [0.3, 0.4) is 0 Å². The van der Waals surface area contributed by atoms with Gasteiger partial charge in [-0.2, -0.15) is 5.26 Å². The number of amides is 1. The fourth-order valence-corrected chi connectivity index (χ4v) is 3.13. The topological polar surface area (TPSA) is 76.8 Å². The van der Waals surface area contributed by atoms with Gasteiger partial charge in [0, 0.05) is 51.4 Å². The number of hydrogen-bond acceptors (Lipinski definition) is 5. The van der Waals surface area contributed by atoms with Gasteiger partial charge in [0.15, 0.2) is 0 Å². The number of likely N-dealkylation sites (tertiary alicyclic amines) is 1. The summed E-state index contributed by atoms with van der Waals surface area (Å²) in [6, 6.07) is 8.74. The van der Waals surface area contributed by atoms with Gasteiger partial charge in [-0.25, -0.2) is 0 Å². The lowest BCUT2D eigenvalue weighted by Gasteiger charge is -2.23. The number of methoxy groups -OCH3 is 1. The molecule has 1 N–H and O–H groups in total. The third kappa shape index (κ3) is 4.54. The van der Waals surface area contributed by atoms with Gasteiger partial charge in [-0.3, -0.25) is 4.79 Å². The first-order valence-electron chi connectivity index (χ1n) is 8.16. The zero-order chi connectivity index (χ0) is 17.5. The maximum Gasteiger partial charge on any atom is 0.253 e. The van der Waals surface area contributed by atoms with Gasteiger partial charge < -0.3 is 19.6 Å². The van der Waals surface area contributed by atoms with Crippen molar-refractivity contribution in [2.75, 3.05) is 53.6 Å². The van der Waals surface area contributed by atoms with Gasteiger partial charge >= 0.3 is 0 Å². The minimum atomic E-state index is -0.0417. The molecule has 0 unspecified atom stereocenters. The van der Waals surface area contributed by atoms with Gasteiger partial charge in [0.2, 0.25) is 0 Å². The molecule has 6 heteroatoms. The molecule has 24 heavy (non-hydrogen) atoms. The number of aliphatic hydroxyl groups excluding tert-OH is 1. The fraction of sp³-hybridized carbons (Fsp3) is 0.556. The molecule has 130 valence electrons. The van der Waals surface area contributed by atoms with Crippen LogP contribution in [-0.2, 0) is 4.74 Å². The van der Waals surface area contributed by atoms with Crippen LogP contribution in [0.5, 0.6) is 0 Å². The first-order valence-corrected chi connectivity index (χ1v) is 8.16. The van der Waals surface area contributed by atoms with E-state index in [0.29, 0.717) is 30.8 Å². The highest BCUT2D eigenvalue weighted by Gasteiger charge is 2.35. The van der Waals surface area contributed by atoms with Crippen LogP contribution in [0.25, 0.3) is 0 Å². The summed E-state index contributed by atoms with van der Waals surface area (Å²) in [7, 11) is 3.70. The Morgan fingerprint density at radius 2 is 2.04 bits per heavy atom. The molecule has 0 aromatic heterocycles. The van der Waals surface area contributed by atoms with Gasteiger partial charge in [0.05, 0.1) is 18.2 Å². The number of nitrogens with zero attached hydrogens (tertiary/aromatic N) is 3. The van der Waals surface area contributed by atoms with Crippen LogP contribution in [0.4, 0.5) is 0 Å². The second kappa shape index (κ2) is 8.78. The maximum atomic E-state index is 12.6. The molecule has 0 spiro atoms. The Morgan fingerprint density at radius 3 is 2.62 bits per heavy atom. The lowest BCUT2D eigenvalue weighted by Crippen LogP contribution is -2.33. The highest BCUT2D eigenvalue weighted by Crippen LogP contribution is 2.25. The summed E-state index contributed by atoms with van der Waals surface area (Å²) < 4.78 is 5.09. The monoisotopic (exact) mass is 331 g/mol. The summed E-state index contributed by atoms with van der Waals surface area (Å²) in [5, 5.41) is 18.5. The van der Waals surface area contributed by atoms with E-state index in [1.54, 1.807) is 36.3 Å². The summed E-state index contributed by atoms with van der Waals surface area (Å²) in [5.41, 5.74) is 1.12. The third-order valence-corrected chi connectivity index (χ3v) is 4.58. The largest absolute Gasteiger partial charge is 0.396 e. The maximum absolute atomic E-state index is 12.6. The van der Waals surface area contributed by atoms with Gasteiger partial charge in [-0.15, -0.1) is 0 Å². The number of carbonyl (C=O) groups excluding carboxylic acids is 1. The Bertz CT molecular complexity index is 582. The van der Waals surface area contributed by atoms with E-state index in [9.17, 15) is 9.90 Å². The van der Waals surface area contributed by atoms with Crippen LogP contribution in [-0.4, -0.2) is 74.4 Å². The van der Waals surface area contributed by atoms with Crippen molar-refractivity contribution in [3.63, 3.8) is 0 Å². The predicted octanol–water partition coefficient (Wildman–Crippen LogP) is 0.817. The molecule has 1 saturated heterocycles. The average Bonchev–Trinajstić information content (AvgIpc) is 3.02. The Hall–Kier alpha value is -1.94. The molecule has 2 rings (SSSR count). The molecule has 0 aliphatic carbocycles. The molecule has 6 nitrogen and oxygen atoms in total. The predicted molar refractivity (Wildman–Crippen MR) is 90.5 cm³/mol. The summed E-state index contributed by atoms with van der Waals surface area (Å²) >= 11 is 0. The van der Waals surface area contributed by atoms with E-state index in [1.807, 2.05) is 7.05 Å². The molecule has 2 atom stereocenters. The Kier molecular flexibility index (Phi) is 6.73. The van der Waals surface area contributed by atoms with Crippen LogP contribution < -0.4 is 0 Å². The zero-order valence-corrected chi connectivity index (χ0v) is 14.3. The number of aliphatic hydroxyl groups is 1. The molecule has 1 aliphatic rings. The van der Waals surface area contributed by atoms with E-state index in [4.69, 9.17) is 10.00 Å². The second-order valence-electron chi connectivity index (χ2n) is 6.36. The highest BCUT2D eigenvalue weighted by atomic mass is 16.5. The van der Waals surface area contributed by atoms with Crippen molar-refractivity contribution in [1.29, 1.82) is 5.26 Å². The molecule has 1 heterocycles. The number of carbonyl (C=O) groups is 1. The molecule has 1 amide bonds. The molecule has 0 bridgehead atoms. The molecule has 0 saturated carbocycles. The summed E-state index contributed by atoms with van der Waals surface area (Å²) in [6.45, 7) is 3.61. The quantitative estimate of drug-likeness (QED) is 0.800. The second-order valence-corrected chi connectivity index (χ2v) is 6.36. The zero-order valence-electron chi connectivity index (χ0n) is 14.3. The molecule has 1 aliphatic heterocycles. The van der Waals surface area contributed by atoms with Crippen LogP contribution in [0.1, 0.15) is 15.9 Å². The van der Waals surface area contributed by atoms with Crippen molar-refractivity contribution < 1.29 is 14.6 Å². The van der Waals surface area contributed by atoms with Crippen molar-refractivity contribution in [3.05, 3.63) is 35.4 Å². The van der Waals surface area contributed by atoms with E-state index < -0.39 is 0 Å². The van der Waals surface area contributed by atoms with Crippen LogP contribution >= 0.6 is 0 Å². The minimum Gasteiger partial charge on any atom is -0.396 e. The van der Waals surface area contributed by atoms with Crippen molar-refractivity contribution in [2.24, 2.45) is 11.8 Å².